The van der Waals surface area contributed by atoms with Crippen LogP contribution in [0.3, 0.4) is 0 Å². The van der Waals surface area contributed by atoms with E-state index in [1.165, 1.54) is 23.3 Å². The molecule has 1 aromatic carbocycles. The van der Waals surface area contributed by atoms with E-state index in [0.29, 0.717) is 21.4 Å². The Morgan fingerprint density at radius 3 is 2.83 bits per heavy atom. The van der Waals surface area contributed by atoms with Crippen LogP contribution in [-0.4, -0.2) is 19.7 Å². The number of nitrogens with zero attached hydrogens (tertiary/aromatic N) is 3. The zero-order valence-electron chi connectivity index (χ0n) is 8.89. The zero-order valence-corrected chi connectivity index (χ0v) is 9.71. The fraction of sp³-hybridized carbons (Fsp3) is 0. The molecule has 7 heteroatoms. The summed E-state index contributed by atoms with van der Waals surface area (Å²) in [6, 6.07) is 3.55. The molecule has 1 N–H and O–H groups in total. The molecule has 3 rings (SSSR count). The molecule has 0 spiro atoms. The first kappa shape index (κ1) is 11.0. The van der Waals surface area contributed by atoms with Gasteiger partial charge in [0.25, 0.3) is 0 Å². The lowest BCUT2D eigenvalue weighted by atomic mass is 10.3. The maximum Gasteiger partial charge on any atom is 0.160 e. The van der Waals surface area contributed by atoms with Gasteiger partial charge in [-0.2, -0.15) is 5.10 Å². The van der Waals surface area contributed by atoms with Gasteiger partial charge >= 0.3 is 0 Å². The van der Waals surface area contributed by atoms with Crippen LogP contribution in [0.2, 0.25) is 0 Å². The van der Waals surface area contributed by atoms with E-state index in [-0.39, 0.29) is 0 Å². The monoisotopic (exact) mass is 264 g/mol. The van der Waals surface area contributed by atoms with Crippen molar-refractivity contribution in [2.24, 2.45) is 0 Å². The van der Waals surface area contributed by atoms with Gasteiger partial charge < -0.3 is 4.98 Å². The van der Waals surface area contributed by atoms with Gasteiger partial charge in [-0.3, -0.25) is 0 Å². The standard InChI is InChI=1S/C11H6F2N4S/c12-8-2-1-6(3-9(8)13)17-10-7(4-16-17)11(18)15-5-14-10/h1-5H,(H,14,15,18). The quantitative estimate of drug-likeness (QED) is 0.687. The minimum atomic E-state index is -0.927. The molecule has 0 saturated heterocycles. The average Bonchev–Trinajstić information content (AvgIpc) is 2.78. The van der Waals surface area contributed by atoms with Crippen LogP contribution in [0.25, 0.3) is 16.7 Å². The molecule has 2 aromatic heterocycles. The van der Waals surface area contributed by atoms with Gasteiger partial charge in [0.1, 0.15) is 10.3 Å². The molecule has 0 aliphatic rings. The fourth-order valence-electron chi connectivity index (χ4n) is 1.68. The van der Waals surface area contributed by atoms with Gasteiger partial charge in [0.05, 0.1) is 23.6 Å². The lowest BCUT2D eigenvalue weighted by Gasteiger charge is -2.03. The van der Waals surface area contributed by atoms with Crippen LogP contribution in [0.15, 0.2) is 30.7 Å². The van der Waals surface area contributed by atoms with Gasteiger partial charge in [0.15, 0.2) is 11.6 Å². The molecular weight excluding hydrogens is 258 g/mol. The van der Waals surface area contributed by atoms with Crippen molar-refractivity contribution in [2.45, 2.75) is 0 Å². The van der Waals surface area contributed by atoms with Crippen LogP contribution in [0, 0.1) is 16.3 Å². The molecular formula is C11H6F2N4S. The molecule has 0 saturated carbocycles. The Morgan fingerprint density at radius 2 is 2.06 bits per heavy atom. The molecule has 90 valence electrons. The number of hydrogen-bond donors (Lipinski definition) is 1. The van der Waals surface area contributed by atoms with E-state index >= 15 is 0 Å². The molecule has 0 bridgehead atoms. The van der Waals surface area contributed by atoms with E-state index in [2.05, 4.69) is 15.1 Å². The number of benzene rings is 1. The van der Waals surface area contributed by atoms with Crippen LogP contribution in [0.1, 0.15) is 0 Å². The van der Waals surface area contributed by atoms with Gasteiger partial charge in [0, 0.05) is 6.07 Å². The van der Waals surface area contributed by atoms with Crippen LogP contribution in [0.5, 0.6) is 0 Å². The molecule has 18 heavy (non-hydrogen) atoms. The average molecular weight is 264 g/mol. The minimum Gasteiger partial charge on any atom is -0.330 e. The Hall–Kier alpha value is -2.15. The smallest absolute Gasteiger partial charge is 0.160 e. The summed E-state index contributed by atoms with van der Waals surface area (Å²) >= 11 is 5.05. The normalized spacial score (nSPS) is 11.0. The Morgan fingerprint density at radius 1 is 1.22 bits per heavy atom. The van der Waals surface area contributed by atoms with Crippen molar-refractivity contribution in [1.82, 2.24) is 19.7 Å². The summed E-state index contributed by atoms with van der Waals surface area (Å²) < 4.78 is 27.9. The second kappa shape index (κ2) is 3.95. The van der Waals surface area contributed by atoms with Crippen molar-refractivity contribution >= 4 is 23.3 Å². The third kappa shape index (κ3) is 1.60. The van der Waals surface area contributed by atoms with Crippen molar-refractivity contribution in [3.63, 3.8) is 0 Å². The largest absolute Gasteiger partial charge is 0.330 e. The first-order chi connectivity index (χ1) is 8.66. The van der Waals surface area contributed by atoms with Crippen LogP contribution in [-0.2, 0) is 0 Å². The Balaban J connectivity index is 2.29. The number of rotatable bonds is 1. The van der Waals surface area contributed by atoms with Crippen LogP contribution >= 0.6 is 12.2 Å². The summed E-state index contributed by atoms with van der Waals surface area (Å²) in [6.07, 6.45) is 2.96. The highest BCUT2D eigenvalue weighted by Crippen LogP contribution is 2.18. The van der Waals surface area contributed by atoms with Crippen molar-refractivity contribution in [1.29, 1.82) is 0 Å². The lowest BCUT2D eigenvalue weighted by molar-refractivity contribution is 0.507. The zero-order chi connectivity index (χ0) is 12.7. The highest BCUT2D eigenvalue weighted by atomic mass is 32.1. The van der Waals surface area contributed by atoms with Crippen LogP contribution in [0.4, 0.5) is 8.78 Å². The van der Waals surface area contributed by atoms with Gasteiger partial charge in [-0.05, 0) is 12.1 Å². The lowest BCUT2D eigenvalue weighted by Crippen LogP contribution is -1.99. The fourth-order valence-corrected chi connectivity index (χ4v) is 1.88. The first-order valence-corrected chi connectivity index (χ1v) is 5.44. The van der Waals surface area contributed by atoms with Crippen LogP contribution < -0.4 is 0 Å². The van der Waals surface area contributed by atoms with Crippen molar-refractivity contribution in [3.8, 4) is 5.69 Å². The second-order valence-corrected chi connectivity index (χ2v) is 4.01. The summed E-state index contributed by atoms with van der Waals surface area (Å²) in [5.74, 6) is -1.83. The summed E-state index contributed by atoms with van der Waals surface area (Å²) in [6.45, 7) is 0. The number of aromatic amines is 1. The predicted octanol–water partition coefficient (Wildman–Crippen LogP) is 2.76. The Labute approximate surface area is 105 Å². The summed E-state index contributed by atoms with van der Waals surface area (Å²) in [5.41, 5.74) is 0.988. The summed E-state index contributed by atoms with van der Waals surface area (Å²) in [7, 11) is 0. The van der Waals surface area contributed by atoms with Gasteiger partial charge in [0.2, 0.25) is 0 Å². The number of H-pyrrole nitrogens is 1. The van der Waals surface area contributed by atoms with Gasteiger partial charge in [-0.25, -0.2) is 18.4 Å². The molecule has 0 fully saturated rings. The van der Waals surface area contributed by atoms with Crippen molar-refractivity contribution < 1.29 is 8.78 Å². The molecule has 0 radical (unpaired) electrons. The van der Waals surface area contributed by atoms with Crippen molar-refractivity contribution in [3.05, 3.63) is 47.0 Å². The van der Waals surface area contributed by atoms with Crippen molar-refractivity contribution in [2.75, 3.05) is 0 Å². The van der Waals surface area contributed by atoms with Gasteiger partial charge in [-0.1, -0.05) is 12.2 Å². The van der Waals surface area contributed by atoms with E-state index in [1.807, 2.05) is 0 Å². The van der Waals surface area contributed by atoms with E-state index in [0.717, 1.165) is 12.1 Å². The third-order valence-electron chi connectivity index (χ3n) is 2.53. The number of aromatic nitrogens is 4. The SMILES string of the molecule is Fc1ccc(-n2ncc3c(=S)nc[nH]c32)cc1F. The third-order valence-corrected chi connectivity index (χ3v) is 2.86. The first-order valence-electron chi connectivity index (χ1n) is 5.03. The molecule has 2 heterocycles. The molecule has 0 atom stereocenters. The maximum atomic E-state index is 13.2. The molecule has 0 unspecified atom stereocenters. The van der Waals surface area contributed by atoms with E-state index in [9.17, 15) is 8.78 Å². The highest BCUT2D eigenvalue weighted by Gasteiger charge is 2.09. The predicted molar refractivity (Wildman–Crippen MR) is 64.0 cm³/mol. The number of nitrogens with one attached hydrogen (secondary N) is 1. The molecule has 0 aliphatic heterocycles. The molecule has 3 aromatic rings. The van der Waals surface area contributed by atoms with E-state index in [4.69, 9.17) is 12.2 Å². The molecule has 0 amide bonds. The van der Waals surface area contributed by atoms with E-state index < -0.39 is 11.6 Å². The molecule has 4 nitrogen and oxygen atoms in total. The van der Waals surface area contributed by atoms with Gasteiger partial charge in [-0.15, -0.1) is 0 Å². The maximum absolute atomic E-state index is 13.2. The second-order valence-electron chi connectivity index (χ2n) is 3.62. The summed E-state index contributed by atoms with van der Waals surface area (Å²) in [5, 5.41) is 4.74. The minimum absolute atomic E-state index is 0.401. The Kier molecular flexibility index (Phi) is 2.41. The molecule has 0 aliphatic carbocycles. The number of fused-ring (bicyclic) bond motifs is 1. The summed E-state index contributed by atoms with van der Waals surface area (Å²) in [4.78, 5) is 6.80. The Bertz CT molecular complexity index is 793. The highest BCUT2D eigenvalue weighted by molar-refractivity contribution is 7.71. The number of hydrogen-bond acceptors (Lipinski definition) is 3. The topological polar surface area (TPSA) is 46.5 Å². The number of halogens is 2. The van der Waals surface area contributed by atoms with E-state index in [1.54, 1.807) is 0 Å².